The van der Waals surface area contributed by atoms with Gasteiger partial charge in [-0.05, 0) is 43.7 Å². The van der Waals surface area contributed by atoms with E-state index in [0.29, 0.717) is 17.0 Å². The number of carbonyl (C=O) groups is 1. The molecule has 0 aliphatic rings. The van der Waals surface area contributed by atoms with Crippen LogP contribution in [0.25, 0.3) is 0 Å². The second-order valence-corrected chi connectivity index (χ2v) is 10.9. The largest absolute Gasteiger partial charge is 0.497 e. The fraction of sp³-hybridized carbons (Fsp3) is 0.350. The van der Waals surface area contributed by atoms with Gasteiger partial charge in [0.15, 0.2) is 9.84 Å². The number of sulfone groups is 1. The summed E-state index contributed by atoms with van der Waals surface area (Å²) in [6.45, 7) is 3.23. The Labute approximate surface area is 177 Å². The minimum Gasteiger partial charge on any atom is -0.497 e. The van der Waals surface area contributed by atoms with Crippen LogP contribution in [-0.4, -0.2) is 48.4 Å². The van der Waals surface area contributed by atoms with E-state index in [1.165, 1.54) is 32.2 Å². The Kier molecular flexibility index (Phi) is 7.14. The lowest BCUT2D eigenvalue weighted by atomic mass is 10.1. The van der Waals surface area contributed by atoms with Gasteiger partial charge in [-0.25, -0.2) is 16.8 Å². The van der Waals surface area contributed by atoms with Crippen molar-refractivity contribution >= 4 is 31.5 Å². The maximum Gasteiger partial charge on any atom is 0.244 e. The Morgan fingerprint density at radius 2 is 1.60 bits per heavy atom. The quantitative estimate of drug-likeness (QED) is 0.654. The lowest BCUT2D eigenvalue weighted by molar-refractivity contribution is -0.122. The Morgan fingerprint density at radius 1 is 1.00 bits per heavy atom. The highest BCUT2D eigenvalue weighted by molar-refractivity contribution is 7.92. The van der Waals surface area contributed by atoms with Crippen molar-refractivity contribution < 1.29 is 26.4 Å². The van der Waals surface area contributed by atoms with Crippen molar-refractivity contribution in [2.24, 2.45) is 0 Å². The minimum absolute atomic E-state index is 0.180. The molecule has 1 N–H and O–H groups in total. The van der Waals surface area contributed by atoms with E-state index >= 15 is 0 Å². The first-order valence-corrected chi connectivity index (χ1v) is 12.8. The molecule has 10 heteroatoms. The smallest absolute Gasteiger partial charge is 0.244 e. The molecule has 0 aromatic heterocycles. The van der Waals surface area contributed by atoms with Crippen molar-refractivity contribution in [2.45, 2.75) is 30.8 Å². The molecule has 30 heavy (non-hydrogen) atoms. The minimum atomic E-state index is -3.76. The molecule has 8 nitrogen and oxygen atoms in total. The molecular formula is C20H26N2O6S2. The van der Waals surface area contributed by atoms with Crippen LogP contribution in [0.5, 0.6) is 5.75 Å². The number of hydrogen-bond acceptors (Lipinski definition) is 6. The van der Waals surface area contributed by atoms with Crippen LogP contribution in [-0.2, 0) is 24.7 Å². The third kappa shape index (κ3) is 5.73. The molecule has 0 saturated carbocycles. The third-order valence-electron chi connectivity index (χ3n) is 4.56. The summed E-state index contributed by atoms with van der Waals surface area (Å²) < 4.78 is 54.2. The first-order valence-electron chi connectivity index (χ1n) is 9.08. The maximum absolute atomic E-state index is 12.8. The number of hydrogen-bond donors (Lipinski definition) is 1. The maximum atomic E-state index is 12.8. The topological polar surface area (TPSA) is 110 Å². The molecule has 0 aliphatic heterocycles. The Morgan fingerprint density at radius 3 is 2.10 bits per heavy atom. The SMILES string of the molecule is COc1cccc(N(C(C)C(=O)NC(C)c2ccc(S(C)(=O)=O)cc2)S(C)(=O)=O)c1. The van der Waals surface area contributed by atoms with Crippen LogP contribution in [0.2, 0.25) is 0 Å². The molecule has 0 saturated heterocycles. The van der Waals surface area contributed by atoms with Crippen molar-refractivity contribution in [2.75, 3.05) is 23.9 Å². The molecule has 2 aromatic carbocycles. The number of anilines is 1. The van der Waals surface area contributed by atoms with Gasteiger partial charge in [0.1, 0.15) is 11.8 Å². The van der Waals surface area contributed by atoms with Crippen molar-refractivity contribution in [3.8, 4) is 5.75 Å². The second-order valence-electron chi connectivity index (χ2n) is 7.01. The number of nitrogens with zero attached hydrogens (tertiary/aromatic N) is 1. The number of rotatable bonds is 8. The van der Waals surface area contributed by atoms with Crippen LogP contribution in [0, 0.1) is 0 Å². The molecule has 2 unspecified atom stereocenters. The van der Waals surface area contributed by atoms with Crippen LogP contribution >= 0.6 is 0 Å². The number of methoxy groups -OCH3 is 1. The zero-order valence-corrected chi connectivity index (χ0v) is 19.1. The summed E-state index contributed by atoms with van der Waals surface area (Å²) in [5.74, 6) is -0.0315. The van der Waals surface area contributed by atoms with Crippen molar-refractivity contribution in [3.63, 3.8) is 0 Å². The van der Waals surface area contributed by atoms with Gasteiger partial charge in [0.25, 0.3) is 0 Å². The summed E-state index contributed by atoms with van der Waals surface area (Å²) in [5, 5.41) is 2.78. The van der Waals surface area contributed by atoms with Crippen LogP contribution < -0.4 is 14.4 Å². The average molecular weight is 455 g/mol. The molecule has 0 bridgehead atoms. The van der Waals surface area contributed by atoms with E-state index in [1.807, 2.05) is 0 Å². The van der Waals surface area contributed by atoms with Crippen molar-refractivity contribution in [3.05, 3.63) is 54.1 Å². The summed E-state index contributed by atoms with van der Waals surface area (Å²) >= 11 is 0. The lowest BCUT2D eigenvalue weighted by Gasteiger charge is -2.29. The summed E-state index contributed by atoms with van der Waals surface area (Å²) in [6, 6.07) is 11.1. The van der Waals surface area contributed by atoms with Gasteiger partial charge in [-0.1, -0.05) is 18.2 Å². The number of sulfonamides is 1. The summed E-state index contributed by atoms with van der Waals surface area (Å²) in [5.41, 5.74) is 1.000. The number of carbonyl (C=O) groups excluding carboxylic acids is 1. The Hall–Kier alpha value is -2.59. The molecule has 0 spiro atoms. The average Bonchev–Trinajstić information content (AvgIpc) is 2.66. The number of amides is 1. The van der Waals surface area contributed by atoms with E-state index < -0.39 is 37.9 Å². The van der Waals surface area contributed by atoms with Gasteiger partial charge in [0.05, 0.1) is 30.0 Å². The van der Waals surface area contributed by atoms with E-state index in [1.54, 1.807) is 37.3 Å². The standard InChI is InChI=1S/C20H26N2O6S2/c1-14(16-9-11-19(12-10-16)29(4,24)25)21-20(23)15(2)22(30(5,26)27)17-7-6-8-18(13-17)28-3/h6-15H,1-5H3,(H,21,23). The number of nitrogens with one attached hydrogen (secondary N) is 1. The van der Waals surface area contributed by atoms with E-state index in [4.69, 9.17) is 4.74 Å². The predicted molar refractivity (Wildman–Crippen MR) is 116 cm³/mol. The molecule has 2 atom stereocenters. The summed E-state index contributed by atoms with van der Waals surface area (Å²) in [4.78, 5) is 13.0. The molecular weight excluding hydrogens is 428 g/mol. The first kappa shape index (κ1) is 23.7. The lowest BCUT2D eigenvalue weighted by Crippen LogP contribution is -2.48. The normalized spacial score (nSPS) is 13.9. The van der Waals surface area contributed by atoms with Crippen LogP contribution in [0.1, 0.15) is 25.5 Å². The van der Waals surface area contributed by atoms with Crippen molar-refractivity contribution in [1.82, 2.24) is 5.32 Å². The van der Waals surface area contributed by atoms with Gasteiger partial charge in [-0.15, -0.1) is 0 Å². The zero-order chi connectivity index (χ0) is 22.7. The van der Waals surface area contributed by atoms with Gasteiger partial charge in [0.2, 0.25) is 15.9 Å². The van der Waals surface area contributed by atoms with Gasteiger partial charge >= 0.3 is 0 Å². The molecule has 0 radical (unpaired) electrons. The van der Waals surface area contributed by atoms with Gasteiger partial charge in [-0.2, -0.15) is 0 Å². The van der Waals surface area contributed by atoms with Gasteiger partial charge in [0, 0.05) is 12.3 Å². The Bertz CT molecular complexity index is 1110. The first-order chi connectivity index (χ1) is 13.8. The van der Waals surface area contributed by atoms with Crippen LogP contribution in [0.15, 0.2) is 53.4 Å². The van der Waals surface area contributed by atoms with Crippen LogP contribution in [0.4, 0.5) is 5.69 Å². The number of benzene rings is 2. The highest BCUT2D eigenvalue weighted by Gasteiger charge is 2.30. The molecule has 0 aliphatic carbocycles. The fourth-order valence-electron chi connectivity index (χ4n) is 2.98. The van der Waals surface area contributed by atoms with Gasteiger partial charge in [-0.3, -0.25) is 9.10 Å². The van der Waals surface area contributed by atoms with E-state index in [0.717, 1.165) is 16.8 Å². The Balaban J connectivity index is 2.24. The molecule has 1 amide bonds. The van der Waals surface area contributed by atoms with E-state index in [2.05, 4.69) is 5.32 Å². The second kappa shape index (κ2) is 9.05. The van der Waals surface area contributed by atoms with Crippen molar-refractivity contribution in [1.29, 1.82) is 0 Å². The molecule has 0 fully saturated rings. The predicted octanol–water partition coefficient (Wildman–Crippen LogP) is 2.13. The highest BCUT2D eigenvalue weighted by Crippen LogP contribution is 2.26. The van der Waals surface area contributed by atoms with Crippen LogP contribution in [0.3, 0.4) is 0 Å². The van der Waals surface area contributed by atoms with E-state index in [9.17, 15) is 21.6 Å². The monoisotopic (exact) mass is 454 g/mol. The van der Waals surface area contributed by atoms with E-state index in [-0.39, 0.29) is 4.90 Å². The zero-order valence-electron chi connectivity index (χ0n) is 17.5. The van der Waals surface area contributed by atoms with Gasteiger partial charge < -0.3 is 10.1 Å². The molecule has 0 heterocycles. The third-order valence-corrected chi connectivity index (χ3v) is 6.93. The fourth-order valence-corrected chi connectivity index (χ4v) is 4.77. The molecule has 2 aromatic rings. The molecule has 164 valence electrons. The molecule has 2 rings (SSSR count). The summed E-state index contributed by atoms with van der Waals surface area (Å²) in [7, 11) is -5.61. The number of ether oxygens (including phenoxy) is 1. The highest BCUT2D eigenvalue weighted by atomic mass is 32.2. The summed E-state index contributed by atoms with van der Waals surface area (Å²) in [6.07, 6.45) is 2.15.